The molecular weight excluding hydrogens is 366 g/mol. The summed E-state index contributed by atoms with van der Waals surface area (Å²) in [5.74, 6) is 1.29. The number of para-hydroxylation sites is 1. The SMILES string of the molecule is CC(C)(N)c1ccc(-n2ccc(NC(=O)NC3CCOc4ccccc43)n2)cc1. The maximum Gasteiger partial charge on any atom is 0.320 e. The lowest BCUT2D eigenvalue weighted by Crippen LogP contribution is -2.35. The number of hydrogen-bond acceptors (Lipinski definition) is 4. The summed E-state index contributed by atoms with van der Waals surface area (Å²) in [4.78, 5) is 12.5. The second-order valence-corrected chi connectivity index (χ2v) is 7.74. The fourth-order valence-electron chi connectivity index (χ4n) is 3.38. The van der Waals surface area contributed by atoms with Crippen LogP contribution in [0.4, 0.5) is 10.6 Å². The molecule has 7 heteroatoms. The third kappa shape index (κ3) is 4.25. The van der Waals surface area contributed by atoms with Crippen molar-refractivity contribution in [3.8, 4) is 11.4 Å². The van der Waals surface area contributed by atoms with Gasteiger partial charge in [-0.3, -0.25) is 5.32 Å². The Hall–Kier alpha value is -3.32. The molecule has 0 saturated carbocycles. The van der Waals surface area contributed by atoms with E-state index in [-0.39, 0.29) is 12.1 Å². The first-order valence-corrected chi connectivity index (χ1v) is 9.65. The number of ether oxygens (including phenoxy) is 1. The topological polar surface area (TPSA) is 94.2 Å². The molecular formula is C22H25N5O2. The molecule has 3 aromatic rings. The summed E-state index contributed by atoms with van der Waals surface area (Å²) >= 11 is 0. The number of fused-ring (bicyclic) bond motifs is 1. The molecule has 1 aliphatic rings. The molecule has 150 valence electrons. The van der Waals surface area contributed by atoms with Crippen LogP contribution < -0.4 is 21.1 Å². The summed E-state index contributed by atoms with van der Waals surface area (Å²) in [6.07, 6.45) is 2.53. The molecule has 0 aliphatic carbocycles. The number of carbonyl (C=O) groups excluding carboxylic acids is 1. The maximum absolute atomic E-state index is 12.5. The van der Waals surface area contributed by atoms with Gasteiger partial charge < -0.3 is 15.8 Å². The zero-order chi connectivity index (χ0) is 20.4. The van der Waals surface area contributed by atoms with Crippen molar-refractivity contribution in [2.24, 2.45) is 5.73 Å². The number of nitrogens with zero attached hydrogens (tertiary/aromatic N) is 2. The van der Waals surface area contributed by atoms with Gasteiger partial charge in [0.15, 0.2) is 5.82 Å². The first-order chi connectivity index (χ1) is 13.9. The number of amides is 2. The van der Waals surface area contributed by atoms with Gasteiger partial charge in [0.2, 0.25) is 0 Å². The number of urea groups is 1. The van der Waals surface area contributed by atoms with E-state index in [1.165, 1.54) is 0 Å². The molecule has 1 aromatic heterocycles. The van der Waals surface area contributed by atoms with E-state index in [9.17, 15) is 4.79 Å². The predicted octanol–water partition coefficient (Wildman–Crippen LogP) is 3.71. The molecule has 2 aromatic carbocycles. The Morgan fingerprint density at radius 2 is 1.93 bits per heavy atom. The summed E-state index contributed by atoms with van der Waals surface area (Å²) in [6.45, 7) is 4.51. The van der Waals surface area contributed by atoms with E-state index in [0.717, 1.165) is 29.0 Å². The van der Waals surface area contributed by atoms with Gasteiger partial charge in [0.05, 0.1) is 18.3 Å². The van der Waals surface area contributed by atoms with Crippen LogP contribution in [0, 0.1) is 0 Å². The Morgan fingerprint density at radius 1 is 1.17 bits per heavy atom. The van der Waals surface area contributed by atoms with Gasteiger partial charge in [-0.25, -0.2) is 9.48 Å². The number of anilines is 1. The van der Waals surface area contributed by atoms with Crippen LogP contribution in [0.3, 0.4) is 0 Å². The van der Waals surface area contributed by atoms with Crippen molar-refractivity contribution in [1.82, 2.24) is 15.1 Å². The van der Waals surface area contributed by atoms with Gasteiger partial charge in [-0.2, -0.15) is 0 Å². The van der Waals surface area contributed by atoms with E-state index in [1.807, 2.05) is 68.6 Å². The summed E-state index contributed by atoms with van der Waals surface area (Å²) in [7, 11) is 0. The van der Waals surface area contributed by atoms with Crippen molar-refractivity contribution >= 4 is 11.8 Å². The Bertz CT molecular complexity index is 1000. The summed E-state index contributed by atoms with van der Waals surface area (Å²) in [5.41, 5.74) is 8.66. The lowest BCUT2D eigenvalue weighted by atomic mass is 9.96. The molecule has 29 heavy (non-hydrogen) atoms. The molecule has 0 saturated heterocycles. The minimum atomic E-state index is -0.393. The average Bonchev–Trinajstić information content (AvgIpc) is 3.16. The van der Waals surface area contributed by atoms with Gasteiger partial charge in [0.25, 0.3) is 0 Å². The highest BCUT2D eigenvalue weighted by molar-refractivity contribution is 5.88. The first-order valence-electron chi connectivity index (χ1n) is 9.65. The van der Waals surface area contributed by atoms with Crippen LogP contribution in [0.1, 0.15) is 37.4 Å². The van der Waals surface area contributed by atoms with E-state index in [4.69, 9.17) is 10.5 Å². The molecule has 1 atom stereocenters. The number of nitrogens with one attached hydrogen (secondary N) is 2. The van der Waals surface area contributed by atoms with Gasteiger partial charge in [-0.1, -0.05) is 30.3 Å². The predicted molar refractivity (Wildman–Crippen MR) is 112 cm³/mol. The van der Waals surface area contributed by atoms with Crippen molar-refractivity contribution in [3.63, 3.8) is 0 Å². The summed E-state index contributed by atoms with van der Waals surface area (Å²) < 4.78 is 7.35. The molecule has 4 N–H and O–H groups in total. The van der Waals surface area contributed by atoms with Crippen molar-refractivity contribution in [3.05, 3.63) is 71.9 Å². The second-order valence-electron chi connectivity index (χ2n) is 7.74. The minimum Gasteiger partial charge on any atom is -0.493 e. The molecule has 0 radical (unpaired) electrons. The standard InChI is InChI=1S/C22H25N5O2/c1-22(2,23)15-7-9-16(10-8-15)27-13-11-20(26-27)25-21(28)24-18-12-14-29-19-6-4-3-5-17(18)19/h3-11,13,18H,12,14,23H2,1-2H3,(H2,24,25,26,28). The van der Waals surface area contributed by atoms with Crippen LogP contribution >= 0.6 is 0 Å². The minimum absolute atomic E-state index is 0.0887. The van der Waals surface area contributed by atoms with E-state index in [0.29, 0.717) is 12.4 Å². The van der Waals surface area contributed by atoms with Gasteiger partial charge in [0.1, 0.15) is 5.75 Å². The lowest BCUT2D eigenvalue weighted by Gasteiger charge is -2.26. The van der Waals surface area contributed by atoms with Crippen molar-refractivity contribution in [2.75, 3.05) is 11.9 Å². The third-order valence-electron chi connectivity index (χ3n) is 4.97. The number of benzene rings is 2. The lowest BCUT2D eigenvalue weighted by molar-refractivity contribution is 0.232. The molecule has 0 spiro atoms. The van der Waals surface area contributed by atoms with Crippen molar-refractivity contribution in [1.29, 1.82) is 0 Å². The first kappa shape index (κ1) is 19.0. The second kappa shape index (κ2) is 7.60. The molecule has 1 aliphatic heterocycles. The highest BCUT2D eigenvalue weighted by atomic mass is 16.5. The number of carbonyl (C=O) groups is 1. The van der Waals surface area contributed by atoms with Crippen LogP contribution in [-0.2, 0) is 5.54 Å². The van der Waals surface area contributed by atoms with E-state index in [2.05, 4.69) is 15.7 Å². The fraction of sp³-hybridized carbons (Fsp3) is 0.273. The van der Waals surface area contributed by atoms with Gasteiger partial charge >= 0.3 is 6.03 Å². The fourth-order valence-corrected chi connectivity index (χ4v) is 3.38. The summed E-state index contributed by atoms with van der Waals surface area (Å²) in [6, 6.07) is 17.0. The number of rotatable bonds is 4. The van der Waals surface area contributed by atoms with E-state index >= 15 is 0 Å². The van der Waals surface area contributed by atoms with Crippen molar-refractivity contribution < 1.29 is 9.53 Å². The largest absolute Gasteiger partial charge is 0.493 e. The zero-order valence-corrected chi connectivity index (χ0v) is 16.6. The van der Waals surface area contributed by atoms with Gasteiger partial charge in [-0.15, -0.1) is 5.10 Å². The van der Waals surface area contributed by atoms with E-state index < -0.39 is 5.54 Å². The van der Waals surface area contributed by atoms with E-state index in [1.54, 1.807) is 10.7 Å². The Kier molecular flexibility index (Phi) is 4.98. The van der Waals surface area contributed by atoms with Crippen LogP contribution in [0.5, 0.6) is 5.75 Å². The molecule has 2 amide bonds. The smallest absolute Gasteiger partial charge is 0.320 e. The molecule has 2 heterocycles. The Morgan fingerprint density at radius 3 is 2.69 bits per heavy atom. The highest BCUT2D eigenvalue weighted by Crippen LogP contribution is 2.31. The van der Waals surface area contributed by atoms with Gasteiger partial charge in [0, 0.05) is 29.8 Å². The molecule has 0 fully saturated rings. The van der Waals surface area contributed by atoms with Crippen LogP contribution in [0.25, 0.3) is 5.69 Å². The van der Waals surface area contributed by atoms with Crippen molar-refractivity contribution in [2.45, 2.75) is 31.8 Å². The third-order valence-corrected chi connectivity index (χ3v) is 4.97. The van der Waals surface area contributed by atoms with Crippen LogP contribution in [-0.4, -0.2) is 22.4 Å². The Labute approximate surface area is 169 Å². The Balaban J connectivity index is 1.41. The molecule has 0 bridgehead atoms. The zero-order valence-electron chi connectivity index (χ0n) is 16.6. The van der Waals surface area contributed by atoms with Gasteiger partial charge in [-0.05, 0) is 37.6 Å². The molecule has 1 unspecified atom stereocenters. The normalized spacial score (nSPS) is 15.9. The van der Waals surface area contributed by atoms with Crippen LogP contribution in [0.15, 0.2) is 60.8 Å². The number of nitrogens with two attached hydrogens (primary N) is 1. The number of aromatic nitrogens is 2. The quantitative estimate of drug-likeness (QED) is 0.632. The molecule has 4 rings (SSSR count). The maximum atomic E-state index is 12.5. The summed E-state index contributed by atoms with van der Waals surface area (Å²) in [5, 5.41) is 10.2. The number of hydrogen-bond donors (Lipinski definition) is 3. The average molecular weight is 391 g/mol. The highest BCUT2D eigenvalue weighted by Gasteiger charge is 2.22. The monoisotopic (exact) mass is 391 g/mol. The van der Waals surface area contributed by atoms with Crippen LogP contribution in [0.2, 0.25) is 0 Å². The molecule has 7 nitrogen and oxygen atoms in total.